The second-order valence-electron chi connectivity index (χ2n) is 7.94. The van der Waals surface area contributed by atoms with Crippen molar-refractivity contribution in [2.75, 3.05) is 32.8 Å². The quantitative estimate of drug-likeness (QED) is 0.549. The molecule has 1 aromatic heterocycles. The lowest BCUT2D eigenvalue weighted by molar-refractivity contribution is 0.0162. The van der Waals surface area contributed by atoms with Gasteiger partial charge in [0.1, 0.15) is 4.88 Å². The summed E-state index contributed by atoms with van der Waals surface area (Å²) in [7, 11) is 0. The van der Waals surface area contributed by atoms with Gasteiger partial charge in [-0.3, -0.25) is 9.69 Å². The molecule has 1 amide bonds. The first-order valence-electron chi connectivity index (χ1n) is 10.4. The number of hydrogen-bond acceptors (Lipinski definition) is 4. The summed E-state index contributed by atoms with van der Waals surface area (Å²) in [6.07, 6.45) is 0. The smallest absolute Gasteiger partial charge is 0.262 e. The lowest BCUT2D eigenvalue weighted by atomic mass is 9.98. The van der Waals surface area contributed by atoms with Gasteiger partial charge in [0, 0.05) is 29.7 Å². The van der Waals surface area contributed by atoms with E-state index < -0.39 is 0 Å². The summed E-state index contributed by atoms with van der Waals surface area (Å²) in [6, 6.07) is 16.7. The number of nitrogens with zero attached hydrogens (tertiary/aromatic N) is 1. The minimum Gasteiger partial charge on any atom is -0.379 e. The number of thiophene rings is 1. The average molecular weight is 443 g/mol. The number of ether oxygens (including phenoxy) is 1. The number of amides is 1. The Morgan fingerprint density at radius 2 is 1.77 bits per heavy atom. The first-order chi connectivity index (χ1) is 14.5. The number of morpholine rings is 1. The molecule has 1 aliphatic heterocycles. The van der Waals surface area contributed by atoms with Crippen LogP contribution in [-0.4, -0.2) is 43.7 Å². The third-order valence-corrected chi connectivity index (χ3v) is 7.35. The summed E-state index contributed by atoms with van der Waals surface area (Å²) < 4.78 is 6.57. The lowest BCUT2D eigenvalue weighted by Gasteiger charge is -2.35. The highest BCUT2D eigenvalue weighted by atomic mass is 35.5. The maximum absolute atomic E-state index is 13.0. The van der Waals surface area contributed by atoms with Crippen LogP contribution in [0.25, 0.3) is 10.1 Å². The first kappa shape index (κ1) is 21.3. The second kappa shape index (κ2) is 9.48. The Balaban J connectivity index is 1.53. The van der Waals surface area contributed by atoms with Crippen molar-refractivity contribution < 1.29 is 9.53 Å². The molecule has 0 radical (unpaired) electrons. The van der Waals surface area contributed by atoms with Crippen LogP contribution in [0.3, 0.4) is 0 Å². The minimum atomic E-state index is -0.113. The van der Waals surface area contributed by atoms with E-state index in [1.165, 1.54) is 22.5 Å². The molecule has 4 nitrogen and oxygen atoms in total. The molecule has 158 valence electrons. The normalized spacial score (nSPS) is 16.1. The fourth-order valence-corrected chi connectivity index (χ4v) is 5.31. The van der Waals surface area contributed by atoms with E-state index >= 15 is 0 Å². The van der Waals surface area contributed by atoms with Crippen LogP contribution in [0.2, 0.25) is 5.02 Å². The molecule has 0 bridgehead atoms. The van der Waals surface area contributed by atoms with Gasteiger partial charge in [-0.1, -0.05) is 67.9 Å². The van der Waals surface area contributed by atoms with Gasteiger partial charge in [0.15, 0.2) is 0 Å². The van der Waals surface area contributed by atoms with E-state index in [0.717, 1.165) is 36.4 Å². The van der Waals surface area contributed by atoms with E-state index in [1.54, 1.807) is 0 Å². The van der Waals surface area contributed by atoms with Crippen LogP contribution >= 0.6 is 22.9 Å². The zero-order chi connectivity index (χ0) is 21.1. The van der Waals surface area contributed by atoms with Gasteiger partial charge in [-0.05, 0) is 23.1 Å². The molecule has 0 aliphatic carbocycles. The van der Waals surface area contributed by atoms with Gasteiger partial charge in [0.2, 0.25) is 0 Å². The Labute approximate surface area is 186 Å². The molecule has 0 saturated carbocycles. The molecule has 3 aromatic rings. The Morgan fingerprint density at radius 1 is 1.10 bits per heavy atom. The Morgan fingerprint density at radius 3 is 2.43 bits per heavy atom. The highest BCUT2D eigenvalue weighted by molar-refractivity contribution is 7.21. The van der Waals surface area contributed by atoms with E-state index in [0.29, 0.717) is 22.4 Å². The first-order valence-corrected chi connectivity index (χ1v) is 11.6. The van der Waals surface area contributed by atoms with Gasteiger partial charge < -0.3 is 10.1 Å². The molecule has 1 saturated heterocycles. The van der Waals surface area contributed by atoms with Crippen LogP contribution in [0, 0.1) is 0 Å². The van der Waals surface area contributed by atoms with Gasteiger partial charge in [-0.2, -0.15) is 0 Å². The van der Waals surface area contributed by atoms with Crippen molar-refractivity contribution in [2.45, 2.75) is 25.8 Å². The maximum Gasteiger partial charge on any atom is 0.262 e. The van der Waals surface area contributed by atoms with Crippen molar-refractivity contribution in [3.8, 4) is 0 Å². The maximum atomic E-state index is 13.0. The third-order valence-electron chi connectivity index (χ3n) is 5.67. The van der Waals surface area contributed by atoms with E-state index in [2.05, 4.69) is 48.3 Å². The molecule has 2 heterocycles. The molecule has 0 spiro atoms. The number of nitrogens with one attached hydrogen (secondary N) is 1. The van der Waals surface area contributed by atoms with Crippen LogP contribution < -0.4 is 5.32 Å². The molecular weight excluding hydrogens is 416 g/mol. The van der Waals surface area contributed by atoms with Gasteiger partial charge >= 0.3 is 0 Å². The monoisotopic (exact) mass is 442 g/mol. The fourth-order valence-electron chi connectivity index (χ4n) is 3.88. The standard InChI is InChI=1S/C24H27ClN2O2S/c1-16(2)17-7-9-18(10-8-17)20(27-11-13-29-14-12-27)15-26-24(28)23-22(25)19-5-3-4-6-21(19)30-23/h3-10,16,20H,11-15H2,1-2H3,(H,26,28)/t20-/m0/s1. The number of hydrogen-bond donors (Lipinski definition) is 1. The molecule has 1 atom stereocenters. The number of rotatable bonds is 6. The number of carbonyl (C=O) groups is 1. The van der Waals surface area contributed by atoms with Gasteiger partial charge in [0.05, 0.1) is 24.3 Å². The summed E-state index contributed by atoms with van der Waals surface area (Å²) in [5.41, 5.74) is 2.53. The molecule has 1 aliphatic rings. The Bertz CT molecular complexity index is 1010. The van der Waals surface area contributed by atoms with Crippen LogP contribution in [0.5, 0.6) is 0 Å². The zero-order valence-corrected chi connectivity index (χ0v) is 18.9. The van der Waals surface area contributed by atoms with Crippen molar-refractivity contribution >= 4 is 38.9 Å². The molecule has 30 heavy (non-hydrogen) atoms. The predicted molar refractivity (Wildman–Crippen MR) is 125 cm³/mol. The van der Waals surface area contributed by atoms with E-state index in [1.807, 2.05) is 24.3 Å². The summed E-state index contributed by atoms with van der Waals surface area (Å²) in [6.45, 7) is 8.08. The highest BCUT2D eigenvalue weighted by Gasteiger charge is 2.25. The van der Waals surface area contributed by atoms with Crippen molar-refractivity contribution in [1.82, 2.24) is 10.2 Å². The average Bonchev–Trinajstić information content (AvgIpc) is 3.12. The molecule has 6 heteroatoms. The second-order valence-corrected chi connectivity index (χ2v) is 9.37. The zero-order valence-electron chi connectivity index (χ0n) is 17.4. The predicted octanol–water partition coefficient (Wildman–Crippen LogP) is 5.48. The van der Waals surface area contributed by atoms with Gasteiger partial charge in [-0.15, -0.1) is 11.3 Å². The van der Waals surface area contributed by atoms with E-state index in [9.17, 15) is 4.79 Å². The van der Waals surface area contributed by atoms with Crippen molar-refractivity contribution in [2.24, 2.45) is 0 Å². The van der Waals surface area contributed by atoms with E-state index in [-0.39, 0.29) is 11.9 Å². The minimum absolute atomic E-state index is 0.104. The highest BCUT2D eigenvalue weighted by Crippen LogP contribution is 2.35. The summed E-state index contributed by atoms with van der Waals surface area (Å²) in [4.78, 5) is 15.9. The molecular formula is C24H27ClN2O2S. The lowest BCUT2D eigenvalue weighted by Crippen LogP contribution is -2.43. The molecule has 1 N–H and O–H groups in total. The largest absolute Gasteiger partial charge is 0.379 e. The van der Waals surface area contributed by atoms with E-state index in [4.69, 9.17) is 16.3 Å². The van der Waals surface area contributed by atoms with Crippen LogP contribution in [0.15, 0.2) is 48.5 Å². The number of carbonyl (C=O) groups excluding carboxylic acids is 1. The summed E-state index contributed by atoms with van der Waals surface area (Å²) in [5.74, 6) is 0.383. The summed E-state index contributed by atoms with van der Waals surface area (Å²) >= 11 is 7.95. The fraction of sp³-hybridized carbons (Fsp3) is 0.375. The summed E-state index contributed by atoms with van der Waals surface area (Å²) in [5, 5.41) is 4.61. The third kappa shape index (κ3) is 4.54. The van der Waals surface area contributed by atoms with Crippen molar-refractivity contribution in [1.29, 1.82) is 0 Å². The van der Waals surface area contributed by atoms with Gasteiger partial charge in [0.25, 0.3) is 5.91 Å². The Hall–Kier alpha value is -1.92. The van der Waals surface area contributed by atoms with Crippen molar-refractivity contribution in [3.05, 3.63) is 69.6 Å². The molecule has 1 fully saturated rings. The number of fused-ring (bicyclic) bond motifs is 1. The van der Waals surface area contributed by atoms with Crippen molar-refractivity contribution in [3.63, 3.8) is 0 Å². The van der Waals surface area contributed by atoms with Crippen LogP contribution in [0.4, 0.5) is 0 Å². The number of benzene rings is 2. The molecule has 2 aromatic carbocycles. The number of halogens is 1. The van der Waals surface area contributed by atoms with Crippen LogP contribution in [0.1, 0.15) is 46.6 Å². The molecule has 0 unspecified atom stereocenters. The topological polar surface area (TPSA) is 41.6 Å². The van der Waals surface area contributed by atoms with Crippen LogP contribution in [-0.2, 0) is 4.74 Å². The Kier molecular flexibility index (Phi) is 6.74. The molecule has 4 rings (SSSR count). The SMILES string of the molecule is CC(C)c1ccc([C@H](CNC(=O)c2sc3ccccc3c2Cl)N2CCOCC2)cc1. The van der Waals surface area contributed by atoms with Gasteiger partial charge in [-0.25, -0.2) is 0 Å².